The van der Waals surface area contributed by atoms with E-state index < -0.39 is 17.5 Å². The van der Waals surface area contributed by atoms with E-state index in [0.717, 1.165) is 0 Å². The Hall–Kier alpha value is -1.72. The van der Waals surface area contributed by atoms with Crippen molar-refractivity contribution in [3.05, 3.63) is 62.8 Å². The zero-order valence-corrected chi connectivity index (χ0v) is 12.9. The van der Waals surface area contributed by atoms with Gasteiger partial charge in [-0.15, -0.1) is 0 Å². The molecular formula is C15H8BrClFNO2. The molecule has 1 aliphatic heterocycles. The third-order valence-corrected chi connectivity index (χ3v) is 4.23. The zero-order valence-electron chi connectivity index (χ0n) is 10.6. The molecular weight excluding hydrogens is 361 g/mol. The average Bonchev–Trinajstić information content (AvgIpc) is 2.70. The number of nitrogens with zero attached hydrogens (tertiary/aromatic N) is 1. The van der Waals surface area contributed by atoms with Crippen LogP contribution >= 0.6 is 27.5 Å². The van der Waals surface area contributed by atoms with E-state index in [1.165, 1.54) is 17.0 Å². The molecule has 0 unspecified atom stereocenters. The van der Waals surface area contributed by atoms with E-state index in [0.29, 0.717) is 15.7 Å². The first kappa shape index (κ1) is 14.2. The number of para-hydroxylation sites is 1. The molecule has 0 aliphatic carbocycles. The van der Waals surface area contributed by atoms with E-state index in [9.17, 15) is 14.0 Å². The lowest BCUT2D eigenvalue weighted by molar-refractivity contribution is -0.114. The number of rotatable bonds is 2. The average molecular weight is 369 g/mol. The number of benzene rings is 2. The molecule has 6 heteroatoms. The predicted molar refractivity (Wildman–Crippen MR) is 81.1 cm³/mol. The minimum Gasteiger partial charge on any atom is -0.299 e. The maximum Gasteiger partial charge on any atom is 0.299 e. The molecule has 0 radical (unpaired) electrons. The molecule has 3 nitrogen and oxygen atoms in total. The Bertz CT molecular complexity index is 778. The molecule has 2 aromatic rings. The third-order valence-electron chi connectivity index (χ3n) is 3.30. The van der Waals surface area contributed by atoms with Crippen molar-refractivity contribution in [3.63, 3.8) is 0 Å². The Morgan fingerprint density at radius 1 is 1.14 bits per heavy atom. The van der Waals surface area contributed by atoms with Crippen molar-refractivity contribution in [2.45, 2.75) is 6.54 Å². The maximum atomic E-state index is 14.0. The van der Waals surface area contributed by atoms with Crippen LogP contribution in [0.2, 0.25) is 5.02 Å². The largest absolute Gasteiger partial charge is 0.299 e. The molecule has 1 aliphatic rings. The van der Waals surface area contributed by atoms with Crippen molar-refractivity contribution in [1.29, 1.82) is 0 Å². The highest BCUT2D eigenvalue weighted by atomic mass is 79.9. The first-order valence-corrected chi connectivity index (χ1v) is 7.25. The lowest BCUT2D eigenvalue weighted by Gasteiger charge is -2.18. The lowest BCUT2D eigenvalue weighted by atomic mass is 10.1. The van der Waals surface area contributed by atoms with Crippen molar-refractivity contribution < 1.29 is 14.0 Å². The minimum absolute atomic E-state index is 0.0159. The fourth-order valence-electron chi connectivity index (χ4n) is 2.30. The van der Waals surface area contributed by atoms with Gasteiger partial charge in [0, 0.05) is 10.0 Å². The van der Waals surface area contributed by atoms with Gasteiger partial charge in [-0.2, -0.15) is 0 Å². The van der Waals surface area contributed by atoms with Gasteiger partial charge < -0.3 is 0 Å². The van der Waals surface area contributed by atoms with Crippen LogP contribution in [-0.2, 0) is 11.3 Å². The van der Waals surface area contributed by atoms with Gasteiger partial charge in [-0.3, -0.25) is 14.5 Å². The monoisotopic (exact) mass is 367 g/mol. The Morgan fingerprint density at radius 2 is 1.86 bits per heavy atom. The van der Waals surface area contributed by atoms with Crippen molar-refractivity contribution in [2.24, 2.45) is 0 Å². The van der Waals surface area contributed by atoms with Crippen LogP contribution in [0.5, 0.6) is 0 Å². The van der Waals surface area contributed by atoms with Crippen LogP contribution in [0.15, 0.2) is 40.9 Å². The fraction of sp³-hybridized carbons (Fsp3) is 0.0667. The smallest absolute Gasteiger partial charge is 0.299 e. The molecule has 3 rings (SSSR count). The molecule has 1 heterocycles. The summed E-state index contributed by atoms with van der Waals surface area (Å²) in [6, 6.07) is 9.55. The van der Waals surface area contributed by atoms with Gasteiger partial charge in [-0.1, -0.05) is 29.8 Å². The first-order chi connectivity index (χ1) is 10.0. The van der Waals surface area contributed by atoms with Crippen LogP contribution in [-0.4, -0.2) is 11.7 Å². The molecule has 0 atom stereocenters. The number of carbonyl (C=O) groups excluding carboxylic acids is 2. The number of hydrogen-bond acceptors (Lipinski definition) is 2. The Balaban J connectivity index is 2.07. The second-order valence-electron chi connectivity index (χ2n) is 4.57. The van der Waals surface area contributed by atoms with Crippen molar-refractivity contribution in [3.8, 4) is 0 Å². The van der Waals surface area contributed by atoms with E-state index in [1.807, 2.05) is 0 Å². The van der Waals surface area contributed by atoms with Crippen LogP contribution < -0.4 is 4.90 Å². The van der Waals surface area contributed by atoms with Gasteiger partial charge in [0.2, 0.25) is 0 Å². The minimum atomic E-state index is -0.670. The van der Waals surface area contributed by atoms with Gasteiger partial charge in [0.15, 0.2) is 0 Å². The topological polar surface area (TPSA) is 37.4 Å². The summed E-state index contributed by atoms with van der Waals surface area (Å²) >= 11 is 9.06. The lowest BCUT2D eigenvalue weighted by Crippen LogP contribution is -2.29. The van der Waals surface area contributed by atoms with Gasteiger partial charge >= 0.3 is 0 Å². The highest BCUT2D eigenvalue weighted by Crippen LogP contribution is 2.37. The van der Waals surface area contributed by atoms with E-state index in [1.54, 1.807) is 24.3 Å². The molecule has 0 bridgehead atoms. The van der Waals surface area contributed by atoms with Crippen LogP contribution in [0.25, 0.3) is 0 Å². The van der Waals surface area contributed by atoms with Gasteiger partial charge in [0.25, 0.3) is 11.7 Å². The molecule has 0 saturated carbocycles. The van der Waals surface area contributed by atoms with Gasteiger partial charge in [-0.05, 0) is 34.1 Å². The van der Waals surface area contributed by atoms with Crippen LogP contribution in [0.4, 0.5) is 10.1 Å². The zero-order chi connectivity index (χ0) is 15.1. The standard InChI is InChI=1S/C15H8BrClFNO2/c16-10-5-2-4-9-13(10)19(15(21)14(9)20)7-8-3-1-6-11(17)12(8)18/h1-6H,7H2. The Morgan fingerprint density at radius 3 is 2.62 bits per heavy atom. The number of carbonyl (C=O) groups is 2. The summed E-state index contributed by atoms with van der Waals surface area (Å²) in [5, 5.41) is -0.0159. The quantitative estimate of drug-likeness (QED) is 0.752. The van der Waals surface area contributed by atoms with E-state index in [2.05, 4.69) is 15.9 Å². The summed E-state index contributed by atoms with van der Waals surface area (Å²) in [6.45, 7) is -0.0490. The van der Waals surface area contributed by atoms with Crippen LogP contribution in [0.1, 0.15) is 15.9 Å². The van der Waals surface area contributed by atoms with E-state index >= 15 is 0 Å². The highest BCUT2D eigenvalue weighted by molar-refractivity contribution is 9.10. The number of hydrogen-bond donors (Lipinski definition) is 0. The normalized spacial score (nSPS) is 13.8. The number of halogens is 3. The number of amides is 1. The molecule has 0 spiro atoms. The van der Waals surface area contributed by atoms with Gasteiger partial charge in [-0.25, -0.2) is 4.39 Å². The summed E-state index contributed by atoms with van der Waals surface area (Å²) in [5.74, 6) is -1.84. The summed E-state index contributed by atoms with van der Waals surface area (Å²) in [5.41, 5.74) is 1.04. The summed E-state index contributed by atoms with van der Waals surface area (Å²) in [4.78, 5) is 25.3. The number of Topliss-reactive ketones (excluding diaryl/α,β-unsaturated/α-hetero) is 1. The highest BCUT2D eigenvalue weighted by Gasteiger charge is 2.37. The Labute approximate surface area is 133 Å². The van der Waals surface area contributed by atoms with Gasteiger partial charge in [0.1, 0.15) is 5.82 Å². The SMILES string of the molecule is O=C1C(=O)N(Cc2cccc(Cl)c2F)c2c(Br)cccc21. The number of anilines is 1. The van der Waals surface area contributed by atoms with Crippen LogP contribution in [0.3, 0.4) is 0 Å². The van der Waals surface area contributed by atoms with E-state index in [-0.39, 0.29) is 17.1 Å². The third kappa shape index (κ3) is 2.26. The van der Waals surface area contributed by atoms with Crippen molar-refractivity contribution in [2.75, 3.05) is 4.90 Å². The summed E-state index contributed by atoms with van der Waals surface area (Å²) in [7, 11) is 0. The first-order valence-electron chi connectivity index (χ1n) is 6.08. The Kier molecular flexibility index (Phi) is 3.55. The molecule has 106 valence electrons. The predicted octanol–water partition coefficient (Wildman–Crippen LogP) is 3.97. The maximum absolute atomic E-state index is 14.0. The number of ketones is 1. The molecule has 0 N–H and O–H groups in total. The van der Waals surface area contributed by atoms with Crippen molar-refractivity contribution >= 4 is 44.9 Å². The second kappa shape index (κ2) is 5.24. The summed E-state index contributed by atoms with van der Waals surface area (Å²) < 4.78 is 14.6. The van der Waals surface area contributed by atoms with Gasteiger partial charge in [0.05, 0.1) is 22.8 Å². The second-order valence-corrected chi connectivity index (χ2v) is 5.83. The van der Waals surface area contributed by atoms with Crippen LogP contribution in [0, 0.1) is 5.82 Å². The summed E-state index contributed by atoms with van der Waals surface area (Å²) in [6.07, 6.45) is 0. The molecule has 1 amide bonds. The van der Waals surface area contributed by atoms with E-state index in [4.69, 9.17) is 11.6 Å². The molecule has 0 fully saturated rings. The molecule has 0 saturated heterocycles. The molecule has 2 aromatic carbocycles. The molecule has 21 heavy (non-hydrogen) atoms. The molecule has 0 aromatic heterocycles. The van der Waals surface area contributed by atoms with Crippen molar-refractivity contribution in [1.82, 2.24) is 0 Å². The number of fused-ring (bicyclic) bond motifs is 1. The fourth-order valence-corrected chi connectivity index (χ4v) is 3.08.